The van der Waals surface area contributed by atoms with E-state index >= 15 is 0 Å². The monoisotopic (exact) mass is 264 g/mol. The van der Waals surface area contributed by atoms with Crippen molar-refractivity contribution in [1.29, 1.82) is 0 Å². The molecule has 1 aliphatic heterocycles. The van der Waals surface area contributed by atoms with Gasteiger partial charge in [0.25, 0.3) is 0 Å². The van der Waals surface area contributed by atoms with Crippen molar-refractivity contribution in [2.24, 2.45) is 11.8 Å². The molecular weight excluding hydrogens is 240 g/mol. The van der Waals surface area contributed by atoms with Crippen LogP contribution in [0.15, 0.2) is 12.2 Å². The molecule has 2 rings (SSSR count). The lowest BCUT2D eigenvalue weighted by molar-refractivity contribution is -0.149. The smallest absolute Gasteiger partial charge is 0.246 e. The summed E-state index contributed by atoms with van der Waals surface area (Å²) in [7, 11) is 0. The SMILES string of the molecule is C/C=C/CN1C(=O)C(C2CC2)NC(=O)C1CC(C)C. The molecular formula is C15H24N2O2. The van der Waals surface area contributed by atoms with Gasteiger partial charge in [-0.05, 0) is 38.0 Å². The predicted octanol–water partition coefficient (Wildman–Crippen LogP) is 1.71. The predicted molar refractivity (Wildman–Crippen MR) is 74.4 cm³/mol. The zero-order chi connectivity index (χ0) is 14.0. The van der Waals surface area contributed by atoms with Crippen LogP contribution in [-0.4, -0.2) is 35.3 Å². The number of carbonyl (C=O) groups excluding carboxylic acids is 2. The molecule has 0 aromatic carbocycles. The first-order chi connectivity index (χ1) is 9.04. The molecule has 19 heavy (non-hydrogen) atoms. The van der Waals surface area contributed by atoms with Gasteiger partial charge in [-0.15, -0.1) is 0 Å². The first-order valence-electron chi connectivity index (χ1n) is 7.26. The molecule has 0 spiro atoms. The second-order valence-electron chi connectivity index (χ2n) is 6.03. The maximum atomic E-state index is 12.5. The molecule has 2 atom stereocenters. The molecule has 1 aliphatic carbocycles. The quantitative estimate of drug-likeness (QED) is 0.769. The summed E-state index contributed by atoms with van der Waals surface area (Å²) in [4.78, 5) is 26.6. The Morgan fingerprint density at radius 1 is 1.37 bits per heavy atom. The van der Waals surface area contributed by atoms with Crippen molar-refractivity contribution in [1.82, 2.24) is 10.2 Å². The van der Waals surface area contributed by atoms with Crippen molar-refractivity contribution < 1.29 is 9.59 Å². The van der Waals surface area contributed by atoms with Gasteiger partial charge < -0.3 is 10.2 Å². The number of piperazine rings is 1. The van der Waals surface area contributed by atoms with Gasteiger partial charge in [-0.3, -0.25) is 9.59 Å². The molecule has 0 aromatic heterocycles. The maximum Gasteiger partial charge on any atom is 0.246 e. The van der Waals surface area contributed by atoms with E-state index in [0.29, 0.717) is 18.4 Å². The number of allylic oxidation sites excluding steroid dienone is 1. The molecule has 4 heteroatoms. The molecule has 0 bridgehead atoms. The number of nitrogens with zero attached hydrogens (tertiary/aromatic N) is 1. The highest BCUT2D eigenvalue weighted by atomic mass is 16.2. The van der Waals surface area contributed by atoms with Gasteiger partial charge in [0.2, 0.25) is 11.8 Å². The summed E-state index contributed by atoms with van der Waals surface area (Å²) in [6.45, 7) is 6.64. The zero-order valence-corrected chi connectivity index (χ0v) is 12.1. The molecule has 1 N–H and O–H groups in total. The molecule has 0 radical (unpaired) electrons. The van der Waals surface area contributed by atoms with Crippen LogP contribution >= 0.6 is 0 Å². The van der Waals surface area contributed by atoms with E-state index in [0.717, 1.165) is 19.3 Å². The van der Waals surface area contributed by atoms with Crippen LogP contribution in [-0.2, 0) is 9.59 Å². The van der Waals surface area contributed by atoms with Gasteiger partial charge in [0.05, 0.1) is 0 Å². The molecule has 0 aromatic rings. The zero-order valence-electron chi connectivity index (χ0n) is 12.1. The molecule has 2 unspecified atom stereocenters. The van der Waals surface area contributed by atoms with Crippen molar-refractivity contribution in [3.63, 3.8) is 0 Å². The minimum Gasteiger partial charge on any atom is -0.342 e. The van der Waals surface area contributed by atoms with Crippen molar-refractivity contribution >= 4 is 11.8 Å². The van der Waals surface area contributed by atoms with Crippen LogP contribution in [0.5, 0.6) is 0 Å². The number of hydrogen-bond acceptors (Lipinski definition) is 2. The Morgan fingerprint density at radius 2 is 2.05 bits per heavy atom. The highest BCUT2D eigenvalue weighted by Gasteiger charge is 2.46. The molecule has 1 saturated carbocycles. The Morgan fingerprint density at radius 3 is 2.58 bits per heavy atom. The van der Waals surface area contributed by atoms with Crippen LogP contribution in [0, 0.1) is 11.8 Å². The average molecular weight is 264 g/mol. The Kier molecular flexibility index (Phi) is 4.27. The summed E-state index contributed by atoms with van der Waals surface area (Å²) >= 11 is 0. The van der Waals surface area contributed by atoms with Gasteiger partial charge in [0.1, 0.15) is 12.1 Å². The van der Waals surface area contributed by atoms with E-state index in [1.165, 1.54) is 0 Å². The third-order valence-electron chi connectivity index (χ3n) is 3.85. The number of hydrogen-bond donors (Lipinski definition) is 1. The number of carbonyl (C=O) groups is 2. The van der Waals surface area contributed by atoms with Gasteiger partial charge in [0.15, 0.2) is 0 Å². The van der Waals surface area contributed by atoms with Crippen LogP contribution in [0.25, 0.3) is 0 Å². The standard InChI is InChI=1S/C15H24N2O2/c1-4-5-8-17-12(9-10(2)3)14(18)16-13(15(17)19)11-6-7-11/h4-5,10-13H,6-9H2,1-3H3,(H,16,18)/b5-4+. The van der Waals surface area contributed by atoms with E-state index in [1.807, 2.05) is 19.1 Å². The largest absolute Gasteiger partial charge is 0.342 e. The van der Waals surface area contributed by atoms with Crippen molar-refractivity contribution in [3.05, 3.63) is 12.2 Å². The van der Waals surface area contributed by atoms with Gasteiger partial charge in [-0.25, -0.2) is 0 Å². The lowest BCUT2D eigenvalue weighted by Gasteiger charge is -2.39. The normalized spacial score (nSPS) is 28.3. The molecule has 2 aliphatic rings. The lowest BCUT2D eigenvalue weighted by Crippen LogP contribution is -2.64. The lowest BCUT2D eigenvalue weighted by atomic mass is 9.96. The second-order valence-corrected chi connectivity index (χ2v) is 6.03. The molecule has 1 heterocycles. The fraction of sp³-hybridized carbons (Fsp3) is 0.733. The fourth-order valence-electron chi connectivity index (χ4n) is 2.65. The summed E-state index contributed by atoms with van der Waals surface area (Å²) in [5.41, 5.74) is 0. The molecule has 4 nitrogen and oxygen atoms in total. The summed E-state index contributed by atoms with van der Waals surface area (Å²) in [5, 5.41) is 2.94. The van der Waals surface area contributed by atoms with Gasteiger partial charge in [-0.2, -0.15) is 0 Å². The molecule has 2 fully saturated rings. The number of nitrogens with one attached hydrogen (secondary N) is 1. The van der Waals surface area contributed by atoms with Gasteiger partial charge >= 0.3 is 0 Å². The van der Waals surface area contributed by atoms with Crippen LogP contribution in [0.1, 0.15) is 40.0 Å². The van der Waals surface area contributed by atoms with E-state index in [4.69, 9.17) is 0 Å². The number of amides is 2. The molecule has 1 saturated heterocycles. The van der Waals surface area contributed by atoms with Gasteiger partial charge in [-0.1, -0.05) is 26.0 Å². The minimum atomic E-state index is -0.307. The van der Waals surface area contributed by atoms with E-state index in [-0.39, 0.29) is 23.9 Å². The summed E-state index contributed by atoms with van der Waals surface area (Å²) < 4.78 is 0. The van der Waals surface area contributed by atoms with Crippen LogP contribution in [0.3, 0.4) is 0 Å². The topological polar surface area (TPSA) is 49.4 Å². The highest BCUT2D eigenvalue weighted by Crippen LogP contribution is 2.35. The summed E-state index contributed by atoms with van der Waals surface area (Å²) in [6, 6.07) is -0.583. The van der Waals surface area contributed by atoms with Gasteiger partial charge in [0, 0.05) is 6.54 Å². The fourth-order valence-corrected chi connectivity index (χ4v) is 2.65. The second kappa shape index (κ2) is 5.76. The first kappa shape index (κ1) is 14.1. The van der Waals surface area contributed by atoms with Crippen LogP contribution in [0.4, 0.5) is 0 Å². The molecule has 2 amide bonds. The third kappa shape index (κ3) is 3.17. The first-order valence-corrected chi connectivity index (χ1v) is 7.26. The van der Waals surface area contributed by atoms with Crippen LogP contribution in [0.2, 0.25) is 0 Å². The van der Waals surface area contributed by atoms with E-state index in [1.54, 1.807) is 4.90 Å². The third-order valence-corrected chi connectivity index (χ3v) is 3.85. The van der Waals surface area contributed by atoms with E-state index in [2.05, 4.69) is 19.2 Å². The van der Waals surface area contributed by atoms with Crippen LogP contribution < -0.4 is 5.32 Å². The van der Waals surface area contributed by atoms with Crippen molar-refractivity contribution in [2.45, 2.75) is 52.1 Å². The van der Waals surface area contributed by atoms with Crippen molar-refractivity contribution in [3.8, 4) is 0 Å². The Labute approximate surface area is 115 Å². The minimum absolute atomic E-state index is 0.0229. The summed E-state index contributed by atoms with van der Waals surface area (Å²) in [6.07, 6.45) is 6.73. The Balaban J connectivity index is 2.15. The van der Waals surface area contributed by atoms with Crippen molar-refractivity contribution in [2.75, 3.05) is 6.54 Å². The van der Waals surface area contributed by atoms with E-state index < -0.39 is 0 Å². The highest BCUT2D eigenvalue weighted by molar-refractivity contribution is 5.97. The average Bonchev–Trinajstić information content (AvgIpc) is 3.16. The Bertz CT molecular complexity index is 386. The van der Waals surface area contributed by atoms with E-state index in [9.17, 15) is 9.59 Å². The number of rotatable bonds is 5. The summed E-state index contributed by atoms with van der Waals surface area (Å²) in [5.74, 6) is 0.888. The molecule has 106 valence electrons. The Hall–Kier alpha value is -1.32. The maximum absolute atomic E-state index is 12.5.